The van der Waals surface area contributed by atoms with Crippen molar-refractivity contribution in [3.8, 4) is 0 Å². The molecule has 3 rings (SSSR count). The zero-order valence-corrected chi connectivity index (χ0v) is 20.2. The zero-order valence-electron chi connectivity index (χ0n) is 17.9. The molecule has 0 unspecified atom stereocenters. The summed E-state index contributed by atoms with van der Waals surface area (Å²) in [5.74, 6) is 0.935. The number of hydrogen-bond acceptors (Lipinski definition) is 4. The van der Waals surface area contributed by atoms with Gasteiger partial charge in [0.05, 0.1) is 11.9 Å². The van der Waals surface area contributed by atoms with Crippen LogP contribution in [0.4, 0.5) is 5.69 Å². The molecule has 1 aromatic heterocycles. The monoisotopic (exact) mass is 518 g/mol. The molecule has 2 heterocycles. The molecule has 2 aliphatic rings. The average Bonchev–Trinajstić information content (AvgIpc) is 3.33. The molecule has 1 amide bonds. The molecule has 1 aromatic rings. The highest BCUT2D eigenvalue weighted by Crippen LogP contribution is 2.41. The minimum Gasteiger partial charge on any atom is -0.385 e. The molecule has 9 heteroatoms. The molecule has 0 atom stereocenters. The van der Waals surface area contributed by atoms with Crippen LogP contribution in [0.2, 0.25) is 0 Å². The Hall–Kier alpha value is -1.36. The predicted octanol–water partition coefficient (Wildman–Crippen LogP) is 2.25. The Morgan fingerprint density at radius 2 is 2.10 bits per heavy atom. The van der Waals surface area contributed by atoms with Gasteiger partial charge in [-0.15, -0.1) is 24.0 Å². The maximum Gasteiger partial charge on any atom is 0.246 e. The summed E-state index contributed by atoms with van der Waals surface area (Å²) in [6, 6.07) is 0. The van der Waals surface area contributed by atoms with Crippen molar-refractivity contribution in [3.63, 3.8) is 0 Å². The van der Waals surface area contributed by atoms with E-state index in [0.717, 1.165) is 44.3 Å². The molecule has 0 radical (unpaired) electrons. The second-order valence-electron chi connectivity index (χ2n) is 7.96. The Morgan fingerprint density at radius 1 is 1.34 bits per heavy atom. The van der Waals surface area contributed by atoms with Gasteiger partial charge in [-0.3, -0.25) is 14.5 Å². The fourth-order valence-corrected chi connectivity index (χ4v) is 4.27. The van der Waals surface area contributed by atoms with E-state index in [-0.39, 0.29) is 35.3 Å². The third-order valence-corrected chi connectivity index (χ3v) is 5.92. The summed E-state index contributed by atoms with van der Waals surface area (Å²) in [7, 11) is 3.63. The summed E-state index contributed by atoms with van der Waals surface area (Å²) < 4.78 is 7.06. The number of amides is 1. The topological polar surface area (TPSA) is 75.0 Å². The number of guanidine groups is 1. The highest BCUT2D eigenvalue weighted by Gasteiger charge is 2.34. The lowest BCUT2D eigenvalue weighted by molar-refractivity contribution is -0.120. The number of ether oxygens (including phenoxy) is 1. The van der Waals surface area contributed by atoms with Gasteiger partial charge in [0.1, 0.15) is 6.54 Å². The molecule has 1 N–H and O–H groups in total. The van der Waals surface area contributed by atoms with Crippen LogP contribution >= 0.6 is 24.0 Å². The van der Waals surface area contributed by atoms with Gasteiger partial charge in [0.2, 0.25) is 5.91 Å². The van der Waals surface area contributed by atoms with Crippen LogP contribution in [-0.4, -0.2) is 73.0 Å². The van der Waals surface area contributed by atoms with Crippen LogP contribution < -0.4 is 10.2 Å². The van der Waals surface area contributed by atoms with E-state index in [9.17, 15) is 4.79 Å². The maximum absolute atomic E-state index is 12.7. The van der Waals surface area contributed by atoms with Crippen LogP contribution in [0.25, 0.3) is 0 Å². The number of carbonyl (C=O) groups is 1. The third kappa shape index (κ3) is 6.07. The molecule has 0 bridgehead atoms. The standard InChI is InChI=1S/C20H34N6O2.HI/c1-4-21-19(22-16-20(9-12-28-3)7-5-6-8-20)25-10-11-26(18(27)15-25)17-13-23-24(2)14-17;/h13-14H,4-12,15-16H2,1-3H3,(H,21,22);1H. The lowest BCUT2D eigenvalue weighted by atomic mass is 9.83. The number of aliphatic imine (C=N–C) groups is 1. The molecule has 1 aliphatic carbocycles. The largest absolute Gasteiger partial charge is 0.385 e. The number of halogens is 1. The van der Waals surface area contributed by atoms with Crippen LogP contribution in [0.3, 0.4) is 0 Å². The van der Waals surface area contributed by atoms with E-state index in [1.54, 1.807) is 18.0 Å². The summed E-state index contributed by atoms with van der Waals surface area (Å²) in [5, 5.41) is 7.56. The van der Waals surface area contributed by atoms with Crippen molar-refractivity contribution in [2.24, 2.45) is 17.5 Å². The van der Waals surface area contributed by atoms with Crippen molar-refractivity contribution >= 4 is 41.5 Å². The molecule has 29 heavy (non-hydrogen) atoms. The summed E-state index contributed by atoms with van der Waals surface area (Å²) >= 11 is 0. The van der Waals surface area contributed by atoms with E-state index in [2.05, 4.69) is 22.2 Å². The first-order valence-corrected chi connectivity index (χ1v) is 10.4. The Balaban J connectivity index is 0.00000300. The minimum absolute atomic E-state index is 0. The minimum atomic E-state index is 0. The van der Waals surface area contributed by atoms with Crippen molar-refractivity contribution in [1.82, 2.24) is 20.0 Å². The summed E-state index contributed by atoms with van der Waals surface area (Å²) in [6.07, 6.45) is 9.66. The van der Waals surface area contributed by atoms with E-state index in [0.29, 0.717) is 13.1 Å². The Kier molecular flexibility index (Phi) is 9.19. The Labute approximate surface area is 191 Å². The lowest BCUT2D eigenvalue weighted by Gasteiger charge is -2.36. The number of nitrogens with one attached hydrogen (secondary N) is 1. The lowest BCUT2D eigenvalue weighted by Crippen LogP contribution is -2.55. The first kappa shape index (κ1) is 23.9. The van der Waals surface area contributed by atoms with Crippen LogP contribution in [-0.2, 0) is 16.6 Å². The second kappa shape index (κ2) is 11.1. The van der Waals surface area contributed by atoms with Gasteiger partial charge in [-0.2, -0.15) is 5.10 Å². The molecule has 1 saturated heterocycles. The average molecular weight is 518 g/mol. The Morgan fingerprint density at radius 3 is 2.69 bits per heavy atom. The SMILES string of the molecule is CCNC(=NCC1(CCOC)CCCC1)N1CCN(c2cnn(C)c2)C(=O)C1.I. The number of hydrogen-bond donors (Lipinski definition) is 1. The number of aryl methyl sites for hydroxylation is 1. The summed E-state index contributed by atoms with van der Waals surface area (Å²) in [5.41, 5.74) is 1.11. The highest BCUT2D eigenvalue weighted by molar-refractivity contribution is 14.0. The number of methoxy groups -OCH3 is 1. The fraction of sp³-hybridized carbons (Fsp3) is 0.750. The normalized spacial score (nSPS) is 19.4. The molecule has 2 fully saturated rings. The smallest absolute Gasteiger partial charge is 0.246 e. The van der Waals surface area contributed by atoms with Gasteiger partial charge in [0.25, 0.3) is 0 Å². The number of rotatable bonds is 7. The van der Waals surface area contributed by atoms with Gasteiger partial charge in [0.15, 0.2) is 5.96 Å². The van der Waals surface area contributed by atoms with Crippen LogP contribution in [0.1, 0.15) is 39.0 Å². The van der Waals surface area contributed by atoms with E-state index in [1.807, 2.05) is 18.1 Å². The quantitative estimate of drug-likeness (QED) is 0.341. The van der Waals surface area contributed by atoms with E-state index < -0.39 is 0 Å². The highest BCUT2D eigenvalue weighted by atomic mass is 127. The first-order valence-electron chi connectivity index (χ1n) is 10.4. The maximum atomic E-state index is 12.7. The van der Waals surface area contributed by atoms with E-state index in [4.69, 9.17) is 9.73 Å². The first-order chi connectivity index (χ1) is 13.6. The van der Waals surface area contributed by atoms with Crippen molar-refractivity contribution in [2.75, 3.05) is 51.3 Å². The summed E-state index contributed by atoms with van der Waals surface area (Å²) in [6.45, 7) is 6.19. The van der Waals surface area contributed by atoms with Crippen molar-refractivity contribution in [2.45, 2.75) is 39.0 Å². The molecule has 1 aliphatic heterocycles. The van der Waals surface area contributed by atoms with Gasteiger partial charge in [0, 0.05) is 53.1 Å². The molecular formula is C20H35IN6O2. The number of anilines is 1. The number of nitrogens with zero attached hydrogens (tertiary/aromatic N) is 5. The molecule has 1 saturated carbocycles. The van der Waals surface area contributed by atoms with E-state index in [1.165, 1.54) is 25.7 Å². The van der Waals surface area contributed by atoms with E-state index >= 15 is 0 Å². The number of carbonyl (C=O) groups excluding carboxylic acids is 1. The van der Waals surface area contributed by atoms with Crippen molar-refractivity contribution in [3.05, 3.63) is 12.4 Å². The summed E-state index contributed by atoms with van der Waals surface area (Å²) in [4.78, 5) is 21.6. The number of piperazine rings is 1. The van der Waals surface area contributed by atoms with Crippen molar-refractivity contribution in [1.29, 1.82) is 0 Å². The van der Waals surface area contributed by atoms with Gasteiger partial charge in [-0.05, 0) is 31.6 Å². The van der Waals surface area contributed by atoms with Gasteiger partial charge < -0.3 is 19.9 Å². The fourth-order valence-electron chi connectivity index (χ4n) is 4.27. The molecule has 0 spiro atoms. The third-order valence-electron chi connectivity index (χ3n) is 5.92. The van der Waals surface area contributed by atoms with Gasteiger partial charge in [-0.25, -0.2) is 0 Å². The van der Waals surface area contributed by atoms with Gasteiger partial charge in [-0.1, -0.05) is 12.8 Å². The van der Waals surface area contributed by atoms with Gasteiger partial charge >= 0.3 is 0 Å². The molecular weight excluding hydrogens is 483 g/mol. The van der Waals surface area contributed by atoms with Crippen LogP contribution in [0.5, 0.6) is 0 Å². The molecule has 164 valence electrons. The molecule has 8 nitrogen and oxygen atoms in total. The van der Waals surface area contributed by atoms with Crippen LogP contribution in [0, 0.1) is 5.41 Å². The zero-order chi connectivity index (χ0) is 20.0. The van der Waals surface area contributed by atoms with Crippen LogP contribution in [0.15, 0.2) is 17.4 Å². The predicted molar refractivity (Wildman–Crippen MR) is 126 cm³/mol. The van der Waals surface area contributed by atoms with Crippen molar-refractivity contribution < 1.29 is 9.53 Å². The second-order valence-corrected chi connectivity index (χ2v) is 7.96. The molecule has 0 aromatic carbocycles. The Bertz CT molecular complexity index is 686. The number of aromatic nitrogens is 2.